The molecule has 7 heteroatoms. The third-order valence-corrected chi connectivity index (χ3v) is 3.30. The van der Waals surface area contributed by atoms with Crippen molar-refractivity contribution in [3.05, 3.63) is 47.7 Å². The highest BCUT2D eigenvalue weighted by Gasteiger charge is 2.14. The minimum atomic E-state index is 0.443. The zero-order valence-electron chi connectivity index (χ0n) is 10.2. The van der Waals surface area contributed by atoms with Crippen LogP contribution in [-0.4, -0.2) is 19.9 Å². The van der Waals surface area contributed by atoms with Crippen LogP contribution in [0.4, 0.5) is 11.1 Å². The summed E-state index contributed by atoms with van der Waals surface area (Å²) in [7, 11) is 0. The number of nitrogens with zero attached hydrogens (tertiary/aromatic N) is 5. The van der Waals surface area contributed by atoms with Crippen LogP contribution in [-0.2, 0) is 0 Å². The van der Waals surface area contributed by atoms with E-state index in [1.807, 2.05) is 18.2 Å². The molecule has 0 radical (unpaired) electrons. The third-order valence-electron chi connectivity index (χ3n) is 2.42. The van der Waals surface area contributed by atoms with E-state index in [0.29, 0.717) is 27.3 Å². The Morgan fingerprint density at radius 3 is 2.55 bits per heavy atom. The van der Waals surface area contributed by atoms with Gasteiger partial charge in [-0.2, -0.15) is 5.26 Å². The molecule has 0 saturated carbocycles. The zero-order valence-corrected chi connectivity index (χ0v) is 11.0. The summed E-state index contributed by atoms with van der Waals surface area (Å²) in [6.07, 6.45) is 4.94. The number of nitriles is 1. The SMILES string of the molecule is N#Cc1sc(Nc2ncccn2)nc1-c1ccccn1. The van der Waals surface area contributed by atoms with Crippen LogP contribution in [0.5, 0.6) is 0 Å². The molecule has 0 aliphatic carbocycles. The fourth-order valence-electron chi connectivity index (χ4n) is 1.59. The van der Waals surface area contributed by atoms with Crippen LogP contribution in [0.3, 0.4) is 0 Å². The summed E-state index contributed by atoms with van der Waals surface area (Å²) in [4.78, 5) is 17.2. The van der Waals surface area contributed by atoms with Crippen LogP contribution in [0.1, 0.15) is 4.88 Å². The van der Waals surface area contributed by atoms with Crippen molar-refractivity contribution < 1.29 is 0 Å². The molecule has 3 aromatic rings. The van der Waals surface area contributed by atoms with Crippen molar-refractivity contribution in [2.45, 2.75) is 0 Å². The Bertz CT molecular complexity index is 748. The minimum absolute atomic E-state index is 0.443. The minimum Gasteiger partial charge on any atom is -0.300 e. The van der Waals surface area contributed by atoms with E-state index in [0.717, 1.165) is 0 Å². The summed E-state index contributed by atoms with van der Waals surface area (Å²) in [5, 5.41) is 12.7. The molecule has 0 amide bonds. The number of hydrogen-bond acceptors (Lipinski definition) is 7. The number of thiazole rings is 1. The summed E-state index contributed by atoms with van der Waals surface area (Å²) >= 11 is 1.25. The van der Waals surface area contributed by atoms with Crippen LogP contribution in [0, 0.1) is 11.3 Å². The molecule has 0 atom stereocenters. The van der Waals surface area contributed by atoms with Gasteiger partial charge < -0.3 is 0 Å². The second kappa shape index (κ2) is 5.42. The Morgan fingerprint density at radius 2 is 1.85 bits per heavy atom. The second-order valence-corrected chi connectivity index (χ2v) is 4.72. The maximum Gasteiger partial charge on any atom is 0.228 e. The quantitative estimate of drug-likeness (QED) is 0.793. The van der Waals surface area contributed by atoms with E-state index in [1.165, 1.54) is 11.3 Å². The fourth-order valence-corrected chi connectivity index (χ4v) is 2.35. The van der Waals surface area contributed by atoms with E-state index in [-0.39, 0.29) is 0 Å². The third kappa shape index (κ3) is 2.46. The van der Waals surface area contributed by atoms with E-state index < -0.39 is 0 Å². The molecule has 96 valence electrons. The highest BCUT2D eigenvalue weighted by atomic mass is 32.1. The molecule has 0 bridgehead atoms. The molecular weight excluding hydrogens is 272 g/mol. The first kappa shape index (κ1) is 12.2. The lowest BCUT2D eigenvalue weighted by Crippen LogP contribution is -1.95. The number of aromatic nitrogens is 4. The fraction of sp³-hybridized carbons (Fsp3) is 0. The van der Waals surface area contributed by atoms with Crippen LogP contribution < -0.4 is 5.32 Å². The molecule has 3 rings (SSSR count). The van der Waals surface area contributed by atoms with Crippen LogP contribution in [0.25, 0.3) is 11.4 Å². The van der Waals surface area contributed by atoms with E-state index in [9.17, 15) is 5.26 Å². The summed E-state index contributed by atoms with van der Waals surface area (Å²) in [5.41, 5.74) is 1.24. The lowest BCUT2D eigenvalue weighted by molar-refractivity contribution is 1.16. The molecule has 0 aliphatic heterocycles. The Morgan fingerprint density at radius 1 is 1.05 bits per heavy atom. The summed E-state index contributed by atoms with van der Waals surface area (Å²) in [5.74, 6) is 0.443. The maximum atomic E-state index is 9.19. The second-order valence-electron chi connectivity index (χ2n) is 3.72. The first-order valence-corrected chi connectivity index (χ1v) is 6.55. The van der Waals surface area contributed by atoms with E-state index in [2.05, 4.69) is 31.3 Å². The molecule has 0 spiro atoms. The Kier molecular flexibility index (Phi) is 3.31. The molecule has 0 unspecified atom stereocenters. The number of hydrogen-bond donors (Lipinski definition) is 1. The monoisotopic (exact) mass is 280 g/mol. The van der Waals surface area contributed by atoms with Gasteiger partial charge in [0.15, 0.2) is 5.13 Å². The average Bonchev–Trinajstić information content (AvgIpc) is 2.92. The van der Waals surface area contributed by atoms with Crippen molar-refractivity contribution >= 4 is 22.4 Å². The van der Waals surface area contributed by atoms with Gasteiger partial charge in [0.05, 0.1) is 5.69 Å². The molecular formula is C13H8N6S. The van der Waals surface area contributed by atoms with Crippen molar-refractivity contribution in [2.24, 2.45) is 0 Å². The highest BCUT2D eigenvalue weighted by Crippen LogP contribution is 2.30. The lowest BCUT2D eigenvalue weighted by atomic mass is 10.2. The van der Waals surface area contributed by atoms with Gasteiger partial charge in [-0.25, -0.2) is 15.0 Å². The van der Waals surface area contributed by atoms with Gasteiger partial charge in [-0.1, -0.05) is 17.4 Å². The average molecular weight is 280 g/mol. The molecule has 0 aromatic carbocycles. The molecule has 0 saturated heterocycles. The van der Waals surface area contributed by atoms with Gasteiger partial charge in [0.2, 0.25) is 5.95 Å². The maximum absolute atomic E-state index is 9.19. The molecule has 0 fully saturated rings. The van der Waals surface area contributed by atoms with Gasteiger partial charge in [0.1, 0.15) is 16.6 Å². The van der Waals surface area contributed by atoms with Gasteiger partial charge in [-0.05, 0) is 18.2 Å². The normalized spacial score (nSPS) is 9.95. The first-order chi connectivity index (χ1) is 9.86. The summed E-state index contributed by atoms with van der Waals surface area (Å²) < 4.78 is 0. The Balaban J connectivity index is 1.96. The molecule has 20 heavy (non-hydrogen) atoms. The predicted molar refractivity (Wildman–Crippen MR) is 75.4 cm³/mol. The van der Waals surface area contributed by atoms with Crippen molar-refractivity contribution in [1.82, 2.24) is 19.9 Å². The number of pyridine rings is 1. The van der Waals surface area contributed by atoms with Crippen molar-refractivity contribution in [3.63, 3.8) is 0 Å². The predicted octanol–water partition coefficient (Wildman–Crippen LogP) is 2.61. The highest BCUT2D eigenvalue weighted by molar-refractivity contribution is 7.16. The molecule has 3 heterocycles. The lowest BCUT2D eigenvalue weighted by Gasteiger charge is -1.98. The number of nitrogens with one attached hydrogen (secondary N) is 1. The largest absolute Gasteiger partial charge is 0.300 e. The molecule has 0 aliphatic rings. The van der Waals surface area contributed by atoms with Crippen LogP contribution >= 0.6 is 11.3 Å². The first-order valence-electron chi connectivity index (χ1n) is 5.73. The Hall–Kier alpha value is -2.85. The van der Waals surface area contributed by atoms with Crippen LogP contribution in [0.2, 0.25) is 0 Å². The summed E-state index contributed by atoms with van der Waals surface area (Å²) in [6.45, 7) is 0. The molecule has 6 nitrogen and oxygen atoms in total. The standard InChI is InChI=1S/C13H8N6S/c14-8-10-11(9-4-1-2-5-15-9)18-13(20-10)19-12-16-6-3-7-17-12/h1-7H,(H,16,17,18,19). The topological polar surface area (TPSA) is 87.4 Å². The Labute approximate surface area is 118 Å². The van der Waals surface area contributed by atoms with E-state index in [4.69, 9.17) is 0 Å². The molecule has 1 N–H and O–H groups in total. The van der Waals surface area contributed by atoms with E-state index in [1.54, 1.807) is 24.7 Å². The van der Waals surface area contributed by atoms with Gasteiger partial charge in [-0.3, -0.25) is 10.3 Å². The summed E-state index contributed by atoms with van der Waals surface area (Å²) in [6, 6.07) is 9.36. The van der Waals surface area contributed by atoms with Crippen LogP contribution in [0.15, 0.2) is 42.9 Å². The smallest absolute Gasteiger partial charge is 0.228 e. The van der Waals surface area contributed by atoms with Gasteiger partial charge in [-0.15, -0.1) is 0 Å². The van der Waals surface area contributed by atoms with Crippen molar-refractivity contribution in [1.29, 1.82) is 5.26 Å². The zero-order chi connectivity index (χ0) is 13.8. The van der Waals surface area contributed by atoms with Gasteiger partial charge in [0.25, 0.3) is 0 Å². The number of anilines is 2. The van der Waals surface area contributed by atoms with Crippen molar-refractivity contribution in [3.8, 4) is 17.5 Å². The van der Waals surface area contributed by atoms with E-state index >= 15 is 0 Å². The van der Waals surface area contributed by atoms with Gasteiger partial charge in [0, 0.05) is 18.6 Å². The van der Waals surface area contributed by atoms with Gasteiger partial charge >= 0.3 is 0 Å². The van der Waals surface area contributed by atoms with Crippen molar-refractivity contribution in [2.75, 3.05) is 5.32 Å². The molecule has 3 aromatic heterocycles. The number of rotatable bonds is 3.